The summed E-state index contributed by atoms with van der Waals surface area (Å²) < 4.78 is 74.6. The van der Waals surface area contributed by atoms with Crippen molar-refractivity contribution in [1.82, 2.24) is 10.6 Å². The van der Waals surface area contributed by atoms with E-state index in [2.05, 4.69) is 10.6 Å². The molecule has 0 saturated carbocycles. The molecule has 0 aliphatic carbocycles. The summed E-state index contributed by atoms with van der Waals surface area (Å²) in [5, 5.41) is 5.22. The van der Waals surface area contributed by atoms with Gasteiger partial charge in [-0.1, -0.05) is 6.07 Å². The van der Waals surface area contributed by atoms with Crippen LogP contribution in [0.4, 0.5) is 17.6 Å². The highest BCUT2D eigenvalue weighted by Crippen LogP contribution is 2.33. The first kappa shape index (κ1) is 22.7. The van der Waals surface area contributed by atoms with E-state index in [4.69, 9.17) is 0 Å². The van der Waals surface area contributed by atoms with Gasteiger partial charge in [-0.25, -0.2) is 12.8 Å². The fourth-order valence-electron chi connectivity index (χ4n) is 2.90. The maximum absolute atomic E-state index is 13.1. The van der Waals surface area contributed by atoms with Crippen molar-refractivity contribution in [3.63, 3.8) is 0 Å². The molecule has 1 aromatic rings. The molecule has 1 heterocycles. The van der Waals surface area contributed by atoms with Gasteiger partial charge in [0.15, 0.2) is 14.6 Å². The Balaban J connectivity index is 0.00000338. The van der Waals surface area contributed by atoms with Gasteiger partial charge in [-0.3, -0.25) is 4.79 Å². The summed E-state index contributed by atoms with van der Waals surface area (Å²) in [6.45, 7) is 0.0777. The zero-order valence-electron chi connectivity index (χ0n) is 13.8. The van der Waals surface area contributed by atoms with E-state index >= 15 is 0 Å². The van der Waals surface area contributed by atoms with Gasteiger partial charge in [0.25, 0.3) is 0 Å². The van der Waals surface area contributed by atoms with Gasteiger partial charge >= 0.3 is 6.18 Å². The van der Waals surface area contributed by atoms with Crippen LogP contribution in [0.25, 0.3) is 0 Å². The number of alkyl halides is 3. The molecule has 2 rings (SSSR count). The lowest BCUT2D eigenvalue weighted by atomic mass is 9.95. The van der Waals surface area contributed by atoms with Crippen molar-refractivity contribution < 1.29 is 30.8 Å². The maximum atomic E-state index is 13.1. The standard InChI is InChI=1S/C15H18F4N2O3S.ClH/c1-25(23,24)14(4-6-20-7-5-14)13(22)21-9-10-2-3-11(16)8-12(10)15(17,18)19;/h2-3,8,20H,4-7,9H2,1H3,(H,21,22);1H. The minimum Gasteiger partial charge on any atom is -0.351 e. The van der Waals surface area contributed by atoms with E-state index in [0.29, 0.717) is 19.2 Å². The Hall–Kier alpha value is -1.39. The third-order valence-corrected chi connectivity index (χ3v) is 6.36. The smallest absolute Gasteiger partial charge is 0.351 e. The Labute approximate surface area is 154 Å². The summed E-state index contributed by atoms with van der Waals surface area (Å²) >= 11 is 0. The highest BCUT2D eigenvalue weighted by atomic mass is 35.5. The van der Waals surface area contributed by atoms with Crippen LogP contribution in [0.1, 0.15) is 24.0 Å². The second-order valence-corrected chi connectivity index (χ2v) is 8.32. The lowest BCUT2D eigenvalue weighted by Crippen LogP contribution is -2.57. The monoisotopic (exact) mass is 418 g/mol. The molecule has 1 aliphatic rings. The topological polar surface area (TPSA) is 75.3 Å². The predicted molar refractivity (Wildman–Crippen MR) is 90.2 cm³/mol. The molecule has 1 aliphatic heterocycles. The number of halogens is 5. The van der Waals surface area contributed by atoms with Gasteiger partial charge in [0.2, 0.25) is 5.91 Å². The zero-order valence-corrected chi connectivity index (χ0v) is 15.5. The Morgan fingerprint density at radius 3 is 2.35 bits per heavy atom. The van der Waals surface area contributed by atoms with Gasteiger partial charge in [-0.15, -0.1) is 12.4 Å². The van der Waals surface area contributed by atoms with E-state index in [0.717, 1.165) is 18.4 Å². The highest BCUT2D eigenvalue weighted by Gasteiger charge is 2.48. The number of nitrogens with one attached hydrogen (secondary N) is 2. The molecule has 1 amide bonds. The summed E-state index contributed by atoms with van der Waals surface area (Å²) in [6.07, 6.45) is -3.77. The Kier molecular flexibility index (Phi) is 7.05. The zero-order chi connectivity index (χ0) is 18.9. The maximum Gasteiger partial charge on any atom is 0.416 e. The Morgan fingerprint density at radius 1 is 1.27 bits per heavy atom. The molecule has 0 spiro atoms. The first-order chi connectivity index (χ1) is 11.5. The first-order valence-corrected chi connectivity index (χ1v) is 9.41. The van der Waals surface area contributed by atoms with E-state index in [-0.39, 0.29) is 30.8 Å². The molecule has 1 saturated heterocycles. The molecule has 1 aromatic carbocycles. The molecule has 11 heteroatoms. The number of benzene rings is 1. The molecule has 0 unspecified atom stereocenters. The minimum absolute atomic E-state index is 0. The number of carbonyl (C=O) groups excluding carboxylic acids is 1. The summed E-state index contributed by atoms with van der Waals surface area (Å²) in [4.78, 5) is 12.5. The second-order valence-electron chi connectivity index (χ2n) is 6.00. The molecule has 5 nitrogen and oxygen atoms in total. The molecule has 0 aromatic heterocycles. The van der Waals surface area contributed by atoms with Crippen LogP contribution in [-0.4, -0.2) is 38.4 Å². The fourth-order valence-corrected chi connectivity index (χ4v) is 4.25. The number of piperidine rings is 1. The molecule has 1 fully saturated rings. The van der Waals surface area contributed by atoms with Crippen LogP contribution in [0.5, 0.6) is 0 Å². The van der Waals surface area contributed by atoms with E-state index in [1.54, 1.807) is 0 Å². The third kappa shape index (κ3) is 4.66. The highest BCUT2D eigenvalue weighted by molar-refractivity contribution is 7.92. The number of sulfone groups is 1. The van der Waals surface area contributed by atoms with E-state index in [1.165, 1.54) is 0 Å². The van der Waals surface area contributed by atoms with Crippen LogP contribution in [0.15, 0.2) is 18.2 Å². The number of rotatable bonds is 4. The van der Waals surface area contributed by atoms with Crippen molar-refractivity contribution in [1.29, 1.82) is 0 Å². The second kappa shape index (κ2) is 8.10. The largest absolute Gasteiger partial charge is 0.416 e. The van der Waals surface area contributed by atoms with Crippen LogP contribution >= 0.6 is 12.4 Å². The van der Waals surface area contributed by atoms with Crippen molar-refractivity contribution >= 4 is 28.2 Å². The minimum atomic E-state index is -4.79. The summed E-state index contributed by atoms with van der Waals surface area (Å²) in [6, 6.07) is 2.12. The summed E-state index contributed by atoms with van der Waals surface area (Å²) in [7, 11) is -3.77. The van der Waals surface area contributed by atoms with Gasteiger partial charge in [-0.2, -0.15) is 13.2 Å². The quantitative estimate of drug-likeness (QED) is 0.734. The van der Waals surface area contributed by atoms with Crippen LogP contribution in [-0.2, 0) is 27.4 Å². The summed E-state index contributed by atoms with van der Waals surface area (Å²) in [5.74, 6) is -1.89. The van der Waals surface area contributed by atoms with Gasteiger partial charge in [0.05, 0.1) is 5.56 Å². The fraction of sp³-hybridized carbons (Fsp3) is 0.533. The lowest BCUT2D eigenvalue weighted by Gasteiger charge is -2.34. The molecule has 0 atom stereocenters. The average Bonchev–Trinajstić information content (AvgIpc) is 2.52. The number of carbonyl (C=O) groups is 1. The molecule has 148 valence electrons. The van der Waals surface area contributed by atoms with Crippen molar-refractivity contribution in [2.45, 2.75) is 30.3 Å². The van der Waals surface area contributed by atoms with Gasteiger partial charge in [-0.05, 0) is 43.6 Å². The van der Waals surface area contributed by atoms with E-state index < -0.39 is 44.6 Å². The first-order valence-electron chi connectivity index (χ1n) is 7.52. The average molecular weight is 419 g/mol. The molecular formula is C15H19ClF4N2O3S. The number of hydrogen-bond donors (Lipinski definition) is 2. The summed E-state index contributed by atoms with van der Waals surface area (Å²) in [5.41, 5.74) is -1.54. The van der Waals surface area contributed by atoms with E-state index in [9.17, 15) is 30.8 Å². The number of amides is 1. The molecule has 26 heavy (non-hydrogen) atoms. The van der Waals surface area contributed by atoms with Gasteiger partial charge in [0.1, 0.15) is 5.82 Å². The van der Waals surface area contributed by atoms with Crippen molar-refractivity contribution in [2.75, 3.05) is 19.3 Å². The SMILES string of the molecule is CS(=O)(=O)C1(C(=O)NCc2ccc(F)cc2C(F)(F)F)CCNCC1.Cl. The van der Waals surface area contributed by atoms with Crippen molar-refractivity contribution in [3.05, 3.63) is 35.1 Å². The molecule has 2 N–H and O–H groups in total. The number of hydrogen-bond acceptors (Lipinski definition) is 4. The Bertz CT molecular complexity index is 763. The molecular weight excluding hydrogens is 400 g/mol. The predicted octanol–water partition coefficient (Wildman–Crippen LogP) is 2.05. The van der Waals surface area contributed by atoms with Gasteiger partial charge in [0, 0.05) is 12.8 Å². The van der Waals surface area contributed by atoms with Crippen LogP contribution in [0.2, 0.25) is 0 Å². The normalized spacial score (nSPS) is 17.3. The Morgan fingerprint density at radius 2 is 1.85 bits per heavy atom. The van der Waals surface area contributed by atoms with Gasteiger partial charge < -0.3 is 10.6 Å². The van der Waals surface area contributed by atoms with Crippen LogP contribution in [0, 0.1) is 5.82 Å². The third-order valence-electron chi connectivity index (χ3n) is 4.35. The molecule has 0 radical (unpaired) electrons. The van der Waals surface area contributed by atoms with Crippen molar-refractivity contribution in [2.24, 2.45) is 0 Å². The molecule has 0 bridgehead atoms. The van der Waals surface area contributed by atoms with E-state index in [1.807, 2.05) is 0 Å². The lowest BCUT2D eigenvalue weighted by molar-refractivity contribution is -0.138. The van der Waals surface area contributed by atoms with Crippen LogP contribution in [0.3, 0.4) is 0 Å². The van der Waals surface area contributed by atoms with Crippen LogP contribution < -0.4 is 10.6 Å². The van der Waals surface area contributed by atoms with Crippen molar-refractivity contribution in [3.8, 4) is 0 Å².